The first kappa shape index (κ1) is 47.0. The molecule has 0 fully saturated rings. The topological polar surface area (TPSA) is 119 Å². The number of carbonyl (C=O) groups excluding carboxylic acids is 2. The van der Waals surface area contributed by atoms with Gasteiger partial charge in [-0.2, -0.15) is 0 Å². The van der Waals surface area contributed by atoms with Crippen LogP contribution in [0.25, 0.3) is 0 Å². The summed E-state index contributed by atoms with van der Waals surface area (Å²) < 4.78 is 26.3. The molecule has 284 valence electrons. The average Bonchev–Trinajstić information content (AvgIpc) is 3.07. The highest BCUT2D eigenvalue weighted by atomic mass is 31.2. The molecule has 0 saturated heterocycles. The van der Waals surface area contributed by atoms with Crippen LogP contribution in [-0.4, -0.2) is 41.0 Å². The molecule has 0 aliphatic carbocycles. The number of allylic oxidation sites excluding steroid dienone is 8. The van der Waals surface area contributed by atoms with Crippen LogP contribution in [0.5, 0.6) is 0 Å². The van der Waals surface area contributed by atoms with E-state index in [0.717, 1.165) is 57.8 Å². The summed E-state index contributed by atoms with van der Waals surface area (Å²) >= 11 is 0. The van der Waals surface area contributed by atoms with Gasteiger partial charge in [-0.25, -0.2) is 4.57 Å². The van der Waals surface area contributed by atoms with E-state index in [1.807, 2.05) is 0 Å². The molecule has 2 N–H and O–H groups in total. The number of hydrogen-bond acceptors (Lipinski definition) is 6. The number of phosphoric acid groups is 1. The smallest absolute Gasteiger partial charge is 0.462 e. The second-order valence-electron chi connectivity index (χ2n) is 12.9. The molecule has 0 aromatic carbocycles. The zero-order valence-electron chi connectivity index (χ0n) is 31.1. The van der Waals surface area contributed by atoms with Crippen LogP contribution >= 0.6 is 7.82 Å². The molecule has 0 rings (SSSR count). The lowest BCUT2D eigenvalue weighted by molar-refractivity contribution is -0.161. The molecule has 0 heterocycles. The molecule has 0 saturated carbocycles. The highest BCUT2D eigenvalue weighted by molar-refractivity contribution is 7.46. The molecule has 8 nitrogen and oxygen atoms in total. The second kappa shape index (κ2) is 35.8. The standard InChI is InChI=1S/C40H71O8P/c1-3-5-7-9-11-13-15-17-19-21-23-25-27-29-31-33-35-40(42)48-38(37-47-49(43,44)45)36-46-39(41)34-32-30-28-26-24-22-20-18-16-14-12-10-8-6-4-2/h6,8,12,14,18,20,24,26,38H,3-5,7,9-11,13,15-17,19,21-23,25,27-37H2,1-2H3,(H2,43,44,45)/b8-6-,14-12-,20-18-,26-24-/t38-/m1/s1. The van der Waals surface area contributed by atoms with Gasteiger partial charge >= 0.3 is 19.8 Å². The fraction of sp³-hybridized carbons (Fsp3) is 0.750. The first-order valence-corrected chi connectivity index (χ1v) is 21.0. The van der Waals surface area contributed by atoms with Crippen LogP contribution < -0.4 is 0 Å². The van der Waals surface area contributed by atoms with E-state index in [-0.39, 0.29) is 19.4 Å². The number of unbranched alkanes of at least 4 members (excludes halogenated alkanes) is 17. The zero-order valence-corrected chi connectivity index (χ0v) is 32.0. The van der Waals surface area contributed by atoms with E-state index in [9.17, 15) is 14.2 Å². The van der Waals surface area contributed by atoms with Crippen molar-refractivity contribution < 1.29 is 37.9 Å². The van der Waals surface area contributed by atoms with E-state index < -0.39 is 32.5 Å². The van der Waals surface area contributed by atoms with Crippen molar-refractivity contribution in [3.05, 3.63) is 48.6 Å². The van der Waals surface area contributed by atoms with Gasteiger partial charge in [0.05, 0.1) is 6.61 Å². The normalized spacial score (nSPS) is 13.0. The first-order valence-electron chi connectivity index (χ1n) is 19.4. The highest BCUT2D eigenvalue weighted by Crippen LogP contribution is 2.36. The van der Waals surface area contributed by atoms with Gasteiger partial charge in [-0.05, 0) is 51.4 Å². The molecule has 0 aromatic rings. The van der Waals surface area contributed by atoms with Gasteiger partial charge in [-0.3, -0.25) is 14.1 Å². The maximum absolute atomic E-state index is 12.4. The first-order chi connectivity index (χ1) is 23.8. The van der Waals surface area contributed by atoms with E-state index in [4.69, 9.17) is 19.3 Å². The molecular formula is C40H71O8P. The molecule has 0 aliphatic rings. The SMILES string of the molecule is CC/C=C\C/C=C\C/C=C\C/C=C\CCCCC(=O)OC[C@H](COP(=O)(O)O)OC(=O)CCCCCCCCCCCCCCCCCC. The minimum absolute atomic E-state index is 0.204. The lowest BCUT2D eigenvalue weighted by Crippen LogP contribution is -2.29. The number of esters is 2. The van der Waals surface area contributed by atoms with Gasteiger partial charge in [0.15, 0.2) is 6.10 Å². The average molecular weight is 711 g/mol. The van der Waals surface area contributed by atoms with Crippen LogP contribution in [0.3, 0.4) is 0 Å². The second-order valence-corrected chi connectivity index (χ2v) is 14.1. The molecule has 0 aliphatic heterocycles. The summed E-state index contributed by atoms with van der Waals surface area (Å²) in [5.41, 5.74) is 0. The Hall–Kier alpha value is -1.99. The summed E-state index contributed by atoms with van der Waals surface area (Å²) in [6, 6.07) is 0. The Bertz CT molecular complexity index is 937. The van der Waals surface area contributed by atoms with Crippen LogP contribution in [0.4, 0.5) is 0 Å². The predicted molar refractivity (Wildman–Crippen MR) is 202 cm³/mol. The Labute approximate surface area is 299 Å². The molecule has 0 unspecified atom stereocenters. The summed E-state index contributed by atoms with van der Waals surface area (Å²) in [6.07, 6.45) is 42.6. The van der Waals surface area contributed by atoms with E-state index in [1.54, 1.807) is 0 Å². The van der Waals surface area contributed by atoms with Gasteiger partial charge < -0.3 is 19.3 Å². The molecule has 0 aromatic heterocycles. The number of rotatable bonds is 35. The lowest BCUT2D eigenvalue weighted by Gasteiger charge is -2.18. The molecular weight excluding hydrogens is 639 g/mol. The fourth-order valence-electron chi connectivity index (χ4n) is 5.25. The summed E-state index contributed by atoms with van der Waals surface area (Å²) in [7, 11) is -4.76. The number of ether oxygens (including phenoxy) is 2. The van der Waals surface area contributed by atoms with Crippen LogP contribution in [0.15, 0.2) is 48.6 Å². The van der Waals surface area contributed by atoms with Crippen LogP contribution in [0, 0.1) is 0 Å². The van der Waals surface area contributed by atoms with Crippen molar-refractivity contribution in [1.82, 2.24) is 0 Å². The van der Waals surface area contributed by atoms with Gasteiger partial charge in [-0.1, -0.05) is 159 Å². The van der Waals surface area contributed by atoms with Crippen molar-refractivity contribution in [3.8, 4) is 0 Å². The van der Waals surface area contributed by atoms with Crippen molar-refractivity contribution in [2.24, 2.45) is 0 Å². The molecule has 0 spiro atoms. The Morgan fingerprint density at radius 3 is 1.47 bits per heavy atom. The molecule has 0 radical (unpaired) electrons. The zero-order chi connectivity index (χ0) is 36.1. The summed E-state index contributed by atoms with van der Waals surface area (Å²) in [6.45, 7) is 3.53. The minimum Gasteiger partial charge on any atom is -0.462 e. The monoisotopic (exact) mass is 710 g/mol. The van der Waals surface area contributed by atoms with Crippen LogP contribution in [0.2, 0.25) is 0 Å². The summed E-state index contributed by atoms with van der Waals surface area (Å²) in [5, 5.41) is 0. The minimum atomic E-state index is -4.76. The third-order valence-electron chi connectivity index (χ3n) is 8.11. The summed E-state index contributed by atoms with van der Waals surface area (Å²) in [5.74, 6) is -0.932. The van der Waals surface area contributed by atoms with Gasteiger partial charge in [0, 0.05) is 12.8 Å². The van der Waals surface area contributed by atoms with Crippen molar-refractivity contribution in [2.45, 2.75) is 180 Å². The Kier molecular flexibility index (Phi) is 34.4. The van der Waals surface area contributed by atoms with Crippen LogP contribution in [0.1, 0.15) is 174 Å². The molecule has 49 heavy (non-hydrogen) atoms. The Morgan fingerprint density at radius 1 is 0.551 bits per heavy atom. The van der Waals surface area contributed by atoms with E-state index in [0.29, 0.717) is 12.8 Å². The number of phosphoric ester groups is 1. The van der Waals surface area contributed by atoms with Crippen LogP contribution in [-0.2, 0) is 28.2 Å². The lowest BCUT2D eigenvalue weighted by atomic mass is 10.0. The fourth-order valence-corrected chi connectivity index (χ4v) is 5.61. The predicted octanol–water partition coefficient (Wildman–Crippen LogP) is 11.6. The van der Waals surface area contributed by atoms with E-state index >= 15 is 0 Å². The van der Waals surface area contributed by atoms with Gasteiger partial charge in [0.2, 0.25) is 0 Å². The van der Waals surface area contributed by atoms with Crippen molar-refractivity contribution >= 4 is 19.8 Å². The molecule has 9 heteroatoms. The van der Waals surface area contributed by atoms with Gasteiger partial charge in [-0.15, -0.1) is 0 Å². The van der Waals surface area contributed by atoms with Gasteiger partial charge in [0.1, 0.15) is 6.61 Å². The van der Waals surface area contributed by atoms with Crippen molar-refractivity contribution in [3.63, 3.8) is 0 Å². The third-order valence-corrected chi connectivity index (χ3v) is 8.60. The van der Waals surface area contributed by atoms with Crippen molar-refractivity contribution in [1.29, 1.82) is 0 Å². The molecule has 0 bridgehead atoms. The van der Waals surface area contributed by atoms with Crippen molar-refractivity contribution in [2.75, 3.05) is 13.2 Å². The maximum atomic E-state index is 12.4. The number of carbonyl (C=O) groups is 2. The maximum Gasteiger partial charge on any atom is 0.469 e. The Morgan fingerprint density at radius 2 is 0.980 bits per heavy atom. The molecule has 1 atom stereocenters. The Balaban J connectivity index is 4.01. The summed E-state index contributed by atoms with van der Waals surface area (Å²) in [4.78, 5) is 42.7. The van der Waals surface area contributed by atoms with E-state index in [2.05, 4.69) is 67.0 Å². The van der Waals surface area contributed by atoms with Gasteiger partial charge in [0.25, 0.3) is 0 Å². The third kappa shape index (κ3) is 38.7. The number of hydrogen-bond donors (Lipinski definition) is 2. The largest absolute Gasteiger partial charge is 0.469 e. The quantitative estimate of drug-likeness (QED) is 0.0289. The van der Waals surface area contributed by atoms with E-state index in [1.165, 1.54) is 77.0 Å². The molecule has 0 amide bonds. The highest BCUT2D eigenvalue weighted by Gasteiger charge is 2.22.